The first-order valence-corrected chi connectivity index (χ1v) is 3.39. The van der Waals surface area contributed by atoms with Crippen LogP contribution in [0, 0.1) is 0 Å². The van der Waals surface area contributed by atoms with E-state index >= 15 is 0 Å². The second-order valence-corrected chi connectivity index (χ2v) is 2.78. The maximum atomic E-state index is 4.32. The average Bonchev–Trinajstić information content (AvgIpc) is 1.69. The molecule has 0 atom stereocenters. The first-order chi connectivity index (χ1) is 3.39. The third kappa shape index (κ3) is 1.74. The van der Waals surface area contributed by atoms with E-state index in [9.17, 15) is 0 Å². The Morgan fingerprint density at radius 1 is 1.00 bits per heavy atom. The topological polar surface area (TPSA) is 0 Å². The van der Waals surface area contributed by atoms with Crippen molar-refractivity contribution in [2.75, 3.05) is 0 Å². The van der Waals surface area contributed by atoms with Gasteiger partial charge in [0, 0.05) is 0 Å². The van der Waals surface area contributed by atoms with Crippen molar-refractivity contribution < 1.29 is 15.3 Å². The molecule has 1 aliphatic rings. The Bertz CT molecular complexity index is 68.2. The van der Waals surface area contributed by atoms with Gasteiger partial charge >= 0.3 is 51.9 Å². The molecule has 0 nitrogen and oxygen atoms in total. The summed E-state index contributed by atoms with van der Waals surface area (Å²) in [4.78, 5) is 0. The van der Waals surface area contributed by atoms with Gasteiger partial charge in [0.2, 0.25) is 0 Å². The molecule has 43 valence electrons. The van der Waals surface area contributed by atoms with E-state index < -0.39 is 0 Å². The SMILES string of the molecule is [Co]=[C]1CCCCC1. The second-order valence-electron chi connectivity index (χ2n) is 2.05. The minimum atomic E-state index is 1.26. The average molecular weight is 141 g/mol. The van der Waals surface area contributed by atoms with E-state index in [1.54, 1.807) is 0 Å². The van der Waals surface area contributed by atoms with Crippen molar-refractivity contribution in [3.63, 3.8) is 0 Å². The van der Waals surface area contributed by atoms with Crippen molar-refractivity contribution in [3.8, 4) is 0 Å². The molecule has 0 radical (unpaired) electrons. The summed E-state index contributed by atoms with van der Waals surface area (Å²) >= 11 is 4.32. The fourth-order valence-electron chi connectivity index (χ4n) is 0.920. The molecule has 1 aliphatic carbocycles. The van der Waals surface area contributed by atoms with Gasteiger partial charge in [-0.1, -0.05) is 0 Å². The molecular formula is C6H10Co. The molecule has 0 aromatic rings. The summed E-state index contributed by atoms with van der Waals surface area (Å²) in [5, 5.41) is 0. The van der Waals surface area contributed by atoms with Gasteiger partial charge in [0.1, 0.15) is 0 Å². The van der Waals surface area contributed by atoms with E-state index in [1.165, 1.54) is 36.6 Å². The number of hydrogen-bond donors (Lipinski definition) is 0. The Hall–Kier alpha value is 0.376. The molecule has 0 amide bonds. The zero-order valence-electron chi connectivity index (χ0n) is 4.37. The molecule has 0 spiro atoms. The summed E-state index contributed by atoms with van der Waals surface area (Å²) in [6.07, 6.45) is 6.69. The van der Waals surface area contributed by atoms with Crippen molar-refractivity contribution >= 4 is 4.45 Å². The molecule has 1 fully saturated rings. The van der Waals surface area contributed by atoms with Gasteiger partial charge in [0.15, 0.2) is 0 Å². The molecule has 0 bridgehead atoms. The van der Waals surface area contributed by atoms with Crippen LogP contribution in [0.25, 0.3) is 0 Å². The Morgan fingerprint density at radius 3 is 1.86 bits per heavy atom. The Labute approximate surface area is 52.4 Å². The molecule has 0 aromatic heterocycles. The van der Waals surface area contributed by atoms with Gasteiger partial charge in [0.05, 0.1) is 0 Å². The van der Waals surface area contributed by atoms with Crippen molar-refractivity contribution in [2.24, 2.45) is 0 Å². The molecule has 1 saturated carbocycles. The van der Waals surface area contributed by atoms with Crippen LogP contribution in [0.4, 0.5) is 0 Å². The number of rotatable bonds is 0. The fourth-order valence-corrected chi connectivity index (χ4v) is 1.29. The van der Waals surface area contributed by atoms with Gasteiger partial charge in [-0.15, -0.1) is 0 Å². The van der Waals surface area contributed by atoms with Crippen LogP contribution in [0.1, 0.15) is 32.1 Å². The molecule has 0 aromatic carbocycles. The van der Waals surface area contributed by atoms with E-state index in [1.807, 2.05) is 0 Å². The van der Waals surface area contributed by atoms with Crippen LogP contribution < -0.4 is 0 Å². The summed E-state index contributed by atoms with van der Waals surface area (Å²) in [6.45, 7) is 0. The summed E-state index contributed by atoms with van der Waals surface area (Å²) in [6, 6.07) is 0. The third-order valence-electron chi connectivity index (χ3n) is 1.37. The van der Waals surface area contributed by atoms with Gasteiger partial charge in [-0.25, -0.2) is 0 Å². The normalized spacial score (nSPS) is 22.7. The van der Waals surface area contributed by atoms with Crippen LogP contribution in [0.3, 0.4) is 0 Å². The number of hydrogen-bond acceptors (Lipinski definition) is 0. The molecule has 1 rings (SSSR count). The molecule has 0 heterocycles. The fraction of sp³-hybridized carbons (Fsp3) is 0.833. The van der Waals surface area contributed by atoms with Crippen LogP contribution in [-0.2, 0) is 15.3 Å². The standard InChI is InChI=1S/C6H10.Co/c1-2-4-6-5-3-1;/h1-5H2;. The quantitative estimate of drug-likeness (QED) is 0.481. The van der Waals surface area contributed by atoms with Crippen molar-refractivity contribution in [1.82, 2.24) is 0 Å². The first kappa shape index (κ1) is 5.51. The van der Waals surface area contributed by atoms with E-state index in [2.05, 4.69) is 15.3 Å². The summed E-state index contributed by atoms with van der Waals surface area (Å²) in [5.41, 5.74) is 0. The van der Waals surface area contributed by atoms with E-state index in [0.29, 0.717) is 0 Å². The second kappa shape index (κ2) is 2.63. The van der Waals surface area contributed by atoms with E-state index in [0.717, 1.165) is 0 Å². The first-order valence-electron chi connectivity index (χ1n) is 2.87. The monoisotopic (exact) mass is 141 g/mol. The molecule has 0 saturated heterocycles. The molecular weight excluding hydrogens is 131 g/mol. The maximum absolute atomic E-state index is 4.32. The Kier molecular flexibility index (Phi) is 2.07. The van der Waals surface area contributed by atoms with E-state index in [4.69, 9.17) is 0 Å². The zero-order chi connectivity index (χ0) is 5.11. The van der Waals surface area contributed by atoms with Crippen LogP contribution >= 0.6 is 0 Å². The van der Waals surface area contributed by atoms with Gasteiger partial charge in [0.25, 0.3) is 0 Å². The zero-order valence-corrected chi connectivity index (χ0v) is 5.41. The van der Waals surface area contributed by atoms with Gasteiger partial charge in [-0.3, -0.25) is 0 Å². The van der Waals surface area contributed by atoms with Crippen LogP contribution in [0.5, 0.6) is 0 Å². The van der Waals surface area contributed by atoms with Crippen LogP contribution in [-0.4, -0.2) is 4.45 Å². The third-order valence-corrected chi connectivity index (χ3v) is 1.89. The summed E-state index contributed by atoms with van der Waals surface area (Å²) < 4.78 is 1.40. The Balaban J connectivity index is 2.25. The molecule has 0 N–H and O–H groups in total. The van der Waals surface area contributed by atoms with Gasteiger partial charge < -0.3 is 0 Å². The van der Waals surface area contributed by atoms with Crippen LogP contribution in [0.15, 0.2) is 0 Å². The predicted molar refractivity (Wildman–Crippen MR) is 28.1 cm³/mol. The van der Waals surface area contributed by atoms with Crippen molar-refractivity contribution in [1.29, 1.82) is 0 Å². The molecule has 1 heteroatoms. The van der Waals surface area contributed by atoms with Gasteiger partial charge in [-0.2, -0.15) is 0 Å². The molecule has 7 heavy (non-hydrogen) atoms. The Morgan fingerprint density at radius 2 is 1.57 bits per heavy atom. The minimum absolute atomic E-state index is 1.26. The molecule has 0 unspecified atom stereocenters. The van der Waals surface area contributed by atoms with Crippen molar-refractivity contribution in [3.05, 3.63) is 0 Å². The van der Waals surface area contributed by atoms with Gasteiger partial charge in [-0.05, 0) is 0 Å². The molecule has 0 aliphatic heterocycles. The summed E-state index contributed by atoms with van der Waals surface area (Å²) in [7, 11) is 0. The van der Waals surface area contributed by atoms with E-state index in [-0.39, 0.29) is 0 Å². The summed E-state index contributed by atoms with van der Waals surface area (Å²) in [5.74, 6) is 0. The predicted octanol–water partition coefficient (Wildman–Crippen LogP) is 1.67. The van der Waals surface area contributed by atoms with Crippen LogP contribution in [0.2, 0.25) is 0 Å². The van der Waals surface area contributed by atoms with Crippen molar-refractivity contribution in [2.45, 2.75) is 32.1 Å².